The van der Waals surface area contributed by atoms with E-state index in [1.165, 1.54) is 77.5 Å². The third-order valence-electron chi connectivity index (χ3n) is 22.0. The number of hydrogen-bond acceptors (Lipinski definition) is 25. The average Bonchev–Trinajstić information content (AvgIpc) is 0.787. The number of anilines is 1. The number of phenolic OH excluding ortho intramolecular Hbond substituents is 2. The first-order chi connectivity index (χ1) is 68.9. The van der Waals surface area contributed by atoms with Crippen LogP contribution in [-0.2, 0) is 43.2 Å². The number of methoxy groups -OCH3 is 5. The number of nitrogens with one attached hydrogen (secondary N) is 1. The Balaban J connectivity index is 0.000000844. The van der Waals surface area contributed by atoms with Gasteiger partial charge in [-0.1, -0.05) is 309 Å². The van der Waals surface area contributed by atoms with E-state index in [1.807, 2.05) is 167 Å². The largest absolute Gasteiger partial charge is 0.507 e. The number of rotatable bonds is 28. The summed E-state index contributed by atoms with van der Waals surface area (Å²) in [6, 6.07) is 54.1. The number of nitro benzene ring substituents is 2. The highest BCUT2D eigenvalue weighted by molar-refractivity contribution is 6.06. The topological polar surface area (TPSA) is 428 Å². The number of unbranched alkanes of at least 4 members (excludes halogenated alkanes) is 1. The maximum Gasteiger partial charge on any atom is 0.310 e. The van der Waals surface area contributed by atoms with Crippen LogP contribution in [0.1, 0.15) is 333 Å². The maximum atomic E-state index is 12.3. The van der Waals surface area contributed by atoms with E-state index >= 15 is 0 Å². The fourth-order valence-corrected chi connectivity index (χ4v) is 13.2. The molecule has 0 fully saturated rings. The van der Waals surface area contributed by atoms with E-state index in [-0.39, 0.29) is 127 Å². The van der Waals surface area contributed by atoms with Gasteiger partial charge in [-0.05, 0) is 155 Å². The van der Waals surface area contributed by atoms with Gasteiger partial charge in [-0.25, -0.2) is 0 Å². The molecular formula is C122H166N4O24. The monoisotopic (exact) mass is 2070 g/mol. The highest BCUT2D eigenvalue weighted by atomic mass is 16.6. The summed E-state index contributed by atoms with van der Waals surface area (Å²) in [4.78, 5) is 151. The predicted octanol–water partition coefficient (Wildman–Crippen LogP) is 26.7. The Morgan fingerprint density at radius 3 is 1.31 bits per heavy atom. The summed E-state index contributed by atoms with van der Waals surface area (Å²) in [5.41, 5.74) is 10.4. The van der Waals surface area contributed by atoms with Crippen LogP contribution in [0, 0.1) is 83.3 Å². The molecule has 1 atom stereocenters. The molecule has 150 heavy (non-hydrogen) atoms. The van der Waals surface area contributed by atoms with Crippen molar-refractivity contribution in [3.63, 3.8) is 0 Å². The van der Waals surface area contributed by atoms with Gasteiger partial charge in [0.15, 0.2) is 75.0 Å². The van der Waals surface area contributed by atoms with Crippen molar-refractivity contribution in [1.29, 1.82) is 0 Å². The molecule has 818 valence electrons. The maximum absolute atomic E-state index is 12.3. The van der Waals surface area contributed by atoms with Crippen molar-refractivity contribution in [3.8, 4) is 40.2 Å². The van der Waals surface area contributed by atoms with Crippen LogP contribution in [0.5, 0.6) is 40.2 Å². The summed E-state index contributed by atoms with van der Waals surface area (Å²) < 4.78 is 31.1. The van der Waals surface area contributed by atoms with Crippen LogP contribution in [0.25, 0.3) is 6.08 Å². The van der Waals surface area contributed by atoms with Gasteiger partial charge in [0.05, 0.1) is 69.5 Å². The molecule has 0 aliphatic heterocycles. The lowest BCUT2D eigenvalue weighted by Crippen LogP contribution is -2.35. The molecule has 0 spiro atoms. The fourth-order valence-electron chi connectivity index (χ4n) is 13.2. The Hall–Kier alpha value is -14.2. The van der Waals surface area contributed by atoms with Crippen molar-refractivity contribution < 1.29 is 106 Å². The highest BCUT2D eigenvalue weighted by Gasteiger charge is 2.35. The SMILES string of the molecule is CC(C)(C)C(=O)C(O)CC(=O)c1ccccc1.CC(C)(C)C(=O)CNC(=O)c1ccc(N)cc1.CC(C)Cc1ccc(CC(=O)OC(C)(C)C)cc1.CCCCc1ccc(C(=O)C(C)(C)C)cc1.COc1cc(/C=C/C(=O)C(C)(C)C)ccc1O.COc1cc(C(=O)C(C)(C)C)cc(OC)c1OC.COc1ccccc1C(=O)C(C)(C)C.Cc1c(C(=O)C(C)(C)C)cccc1[N+](=O)[O-].Cc1c([N+](=O)[O-])ccc(O)c1C(=O)C(C)(C)C. The molecule has 0 aromatic heterocycles. The predicted molar refractivity (Wildman–Crippen MR) is 597 cm³/mol. The standard InChI is InChI=1S/C16H24O2.C15H22O.C14H20O4.2C14H18O3.C13H18N2O2.C12H15NO4.C12H15NO3.C12H16O2/c1-12(2)10-13-6-8-14(9-7-13)11-15(17)18-16(3,4)5;1-5-6-7-12-8-10-13(11-9-12)14(16)15(2,3)4;1-14(2,3)13(15)9-7-10(16-4)12(18-6)11(8-9)17-5;1-14(2,3)13(16)8-6-10-5-7-11(15)12(9-10)17-4;1-14(2,3)13(17)12(16)9-11(15)10-7-5-4-6-8-10;1-13(2,3)11(16)8-15-12(17)9-4-6-10(14)7-5-9;1-7-8(13(16)17)5-6-9(14)10(7)11(15)12(2,3)4;1-8-9(11(14)12(2,3)4)6-5-7-10(8)13(15)16;1-12(2,3)11(13)9-7-5-6-8-10(9)14-4/h6-9,12H,10-11H2,1-5H3;8-11H,5-7H2,1-4H3;7-8H,1-6H3;5-9,15H,1-4H3;4-8,12,16H,9H2,1-3H3;4-7H,8,14H2,1-3H3,(H,15,17);5-6,14H,1-4H3;5-7H,1-4H3;5-8H,1-4H3/b;;;8-6+;;;;;. The number of nitrogens with zero attached hydrogens (tertiary/aromatic N) is 2. The second kappa shape index (κ2) is 59.9. The van der Waals surface area contributed by atoms with Crippen molar-refractivity contribution in [1.82, 2.24) is 5.32 Å². The number of benzene rings is 9. The number of aliphatic hydroxyl groups excluding tert-OH is 1. The van der Waals surface area contributed by atoms with E-state index in [4.69, 9.17) is 34.2 Å². The lowest BCUT2D eigenvalue weighted by molar-refractivity contribution is -0.385. The number of nitrogen functional groups attached to an aromatic ring is 1. The Bertz CT molecular complexity index is 6000. The summed E-state index contributed by atoms with van der Waals surface area (Å²) >= 11 is 0. The molecule has 1 unspecified atom stereocenters. The zero-order chi connectivity index (χ0) is 116. The Kier molecular flexibility index (Phi) is 53.4. The van der Waals surface area contributed by atoms with E-state index in [9.17, 15) is 88.3 Å². The smallest absolute Gasteiger partial charge is 0.310 e. The summed E-state index contributed by atoms with van der Waals surface area (Å²) in [7, 11) is 7.66. The number of nitro groups is 2. The third kappa shape index (κ3) is 47.1. The quantitative estimate of drug-likeness (QED) is 0.00759. The summed E-state index contributed by atoms with van der Waals surface area (Å²) in [5, 5.41) is 52.9. The first-order valence-electron chi connectivity index (χ1n) is 49.7. The molecule has 0 bridgehead atoms. The number of aryl methyl sites for hydroxylation is 1. The van der Waals surface area contributed by atoms with E-state index in [0.717, 1.165) is 29.5 Å². The number of phenols is 2. The van der Waals surface area contributed by atoms with Gasteiger partial charge in [-0.2, -0.15) is 0 Å². The number of amides is 1. The molecule has 6 N–H and O–H groups in total. The van der Waals surface area contributed by atoms with Gasteiger partial charge in [0.25, 0.3) is 17.3 Å². The zero-order valence-corrected chi connectivity index (χ0v) is 95.5. The molecule has 0 saturated carbocycles. The number of carbonyl (C=O) groups excluding carboxylic acids is 11. The lowest BCUT2D eigenvalue weighted by Gasteiger charge is -2.20. The average molecular weight is 2070 g/mol. The van der Waals surface area contributed by atoms with Crippen molar-refractivity contribution in [2.75, 3.05) is 47.8 Å². The van der Waals surface area contributed by atoms with Crippen molar-refractivity contribution >= 4 is 87.1 Å². The molecule has 28 heteroatoms. The minimum absolute atomic E-state index is 0.00120. The highest BCUT2D eigenvalue weighted by Crippen LogP contribution is 2.41. The van der Waals surface area contributed by atoms with Crippen LogP contribution in [-0.4, -0.2) is 143 Å². The molecule has 0 radical (unpaired) electrons. The Labute approximate surface area is 889 Å². The first-order valence-corrected chi connectivity index (χ1v) is 49.7. The Morgan fingerprint density at radius 1 is 0.427 bits per heavy atom. The van der Waals surface area contributed by atoms with E-state index < -0.39 is 48.6 Å². The number of aliphatic hydroxyl groups is 1. The first kappa shape index (κ1) is 134. The van der Waals surface area contributed by atoms with Crippen LogP contribution in [0.3, 0.4) is 0 Å². The number of ether oxygens (including phenoxy) is 6. The molecule has 9 aromatic carbocycles. The number of carbonyl (C=O) groups is 11. The second-order valence-corrected chi connectivity index (χ2v) is 45.5. The third-order valence-corrected chi connectivity index (χ3v) is 22.0. The van der Waals surface area contributed by atoms with Gasteiger partial charge in [-0.15, -0.1) is 0 Å². The summed E-state index contributed by atoms with van der Waals surface area (Å²) in [6.45, 7) is 59.4. The minimum Gasteiger partial charge on any atom is -0.507 e. The zero-order valence-electron chi connectivity index (χ0n) is 95.5. The van der Waals surface area contributed by atoms with E-state index in [1.54, 1.807) is 192 Å². The number of nitrogens with two attached hydrogens (primary N) is 1. The molecular weight excluding hydrogens is 1910 g/mol. The molecule has 0 saturated heterocycles. The summed E-state index contributed by atoms with van der Waals surface area (Å²) in [5.74, 6) is 2.13. The molecule has 1 amide bonds. The molecule has 28 nitrogen and oxygen atoms in total. The molecule has 0 heterocycles. The molecule has 9 rings (SSSR count). The number of ketones is 9. The lowest BCUT2D eigenvalue weighted by atomic mass is 9.84. The van der Waals surface area contributed by atoms with Crippen molar-refractivity contribution in [2.45, 2.75) is 272 Å². The van der Waals surface area contributed by atoms with Crippen LogP contribution in [0.2, 0.25) is 0 Å². The Morgan fingerprint density at radius 2 is 0.867 bits per heavy atom. The molecule has 9 aromatic rings. The normalized spacial score (nSPS) is 11.5. The second-order valence-electron chi connectivity index (χ2n) is 45.5. The fraction of sp³-hybridized carbons (Fsp3) is 0.451. The number of Topliss-reactive ketones (excluding diaryl/α,β-unsaturated/α-hetero) is 8. The van der Waals surface area contributed by atoms with Crippen LogP contribution in [0.15, 0.2) is 194 Å². The van der Waals surface area contributed by atoms with Gasteiger partial charge < -0.3 is 54.8 Å². The van der Waals surface area contributed by atoms with Gasteiger partial charge in [0.1, 0.15) is 23.2 Å². The van der Waals surface area contributed by atoms with E-state index in [0.29, 0.717) is 80.2 Å². The summed E-state index contributed by atoms with van der Waals surface area (Å²) in [6.07, 6.45) is 6.85. The van der Waals surface area contributed by atoms with Crippen LogP contribution in [0.4, 0.5) is 17.1 Å². The van der Waals surface area contributed by atoms with Crippen molar-refractivity contribution in [2.24, 2.45) is 49.2 Å². The minimum atomic E-state index is -1.22. The molecule has 0 aliphatic carbocycles. The number of aromatic hydroxyl groups is 2. The number of allylic oxidation sites excluding steroid dienone is 1. The van der Waals surface area contributed by atoms with Gasteiger partial charge in [0, 0.05) is 107 Å². The van der Waals surface area contributed by atoms with Crippen LogP contribution < -0.4 is 34.7 Å². The number of esters is 1. The van der Waals surface area contributed by atoms with E-state index in [2.05, 4.69) is 50.4 Å². The van der Waals surface area contributed by atoms with Gasteiger partial charge in [0.2, 0.25) is 5.75 Å². The van der Waals surface area contributed by atoms with Crippen molar-refractivity contribution in [3.05, 3.63) is 287 Å². The van der Waals surface area contributed by atoms with Gasteiger partial charge >= 0.3 is 5.97 Å². The van der Waals surface area contributed by atoms with Gasteiger partial charge in [-0.3, -0.25) is 73.0 Å². The number of hydrogen-bond donors (Lipinski definition) is 5. The number of para-hydroxylation sites is 1. The van der Waals surface area contributed by atoms with Crippen LogP contribution >= 0.6 is 0 Å². The molecule has 0 aliphatic rings.